The van der Waals surface area contributed by atoms with Crippen LogP contribution in [0.25, 0.3) is 0 Å². The predicted molar refractivity (Wildman–Crippen MR) is 88.3 cm³/mol. The number of carboxylic acid groups (broad SMARTS) is 1. The fraction of sp³-hybridized carbons (Fsp3) is 0.235. The van der Waals surface area contributed by atoms with Crippen molar-refractivity contribution >= 4 is 11.9 Å². The van der Waals surface area contributed by atoms with Crippen molar-refractivity contribution in [2.75, 3.05) is 13.2 Å². The maximum Gasteiger partial charge on any atom is 0.341 e. The molecule has 26 heavy (non-hydrogen) atoms. The summed E-state index contributed by atoms with van der Waals surface area (Å²) >= 11 is 0. The first-order valence-electron chi connectivity index (χ1n) is 7.76. The zero-order valence-electron chi connectivity index (χ0n) is 13.5. The Labute approximate surface area is 147 Å². The van der Waals surface area contributed by atoms with Gasteiger partial charge in [-0.3, -0.25) is 9.59 Å². The highest BCUT2D eigenvalue weighted by molar-refractivity contribution is 5.97. The number of aromatic hydroxyl groups is 1. The van der Waals surface area contributed by atoms with Crippen LogP contribution in [-0.2, 0) is 6.54 Å². The molecular weight excluding hydrogens is 344 g/mol. The number of hydrogen-bond donors (Lipinski definition) is 3. The lowest BCUT2D eigenvalue weighted by Crippen LogP contribution is -2.50. The normalized spacial score (nSPS) is 16.3. The number of aliphatic hydroxyl groups is 1. The Bertz CT molecular complexity index is 907. The Balaban J connectivity index is 1.82. The van der Waals surface area contributed by atoms with E-state index in [2.05, 4.69) is 0 Å². The molecule has 1 aliphatic rings. The van der Waals surface area contributed by atoms with E-state index in [9.17, 15) is 24.6 Å². The summed E-state index contributed by atoms with van der Waals surface area (Å²) in [5.41, 5.74) is -2.17. The number of pyridine rings is 1. The number of aliphatic hydroxyl groups excluding tert-OH is 1. The number of fused-ring (bicyclic) bond motifs is 1. The predicted octanol–water partition coefficient (Wildman–Crippen LogP) is 0.105. The third-order valence-corrected chi connectivity index (χ3v) is 4.01. The summed E-state index contributed by atoms with van der Waals surface area (Å²) in [5, 5.41) is 29.2. The molecule has 2 aromatic rings. The lowest BCUT2D eigenvalue weighted by Gasteiger charge is -2.34. The van der Waals surface area contributed by atoms with Crippen LogP contribution in [0.1, 0.15) is 20.8 Å². The molecule has 1 amide bonds. The molecular formula is C17H16N2O7. The quantitative estimate of drug-likeness (QED) is 0.690. The van der Waals surface area contributed by atoms with Crippen LogP contribution >= 0.6 is 0 Å². The monoisotopic (exact) mass is 360 g/mol. The third-order valence-electron chi connectivity index (χ3n) is 4.01. The number of ether oxygens (including phenoxy) is 1. The van der Waals surface area contributed by atoms with Gasteiger partial charge in [-0.25, -0.2) is 4.79 Å². The van der Waals surface area contributed by atoms with Gasteiger partial charge in [0.1, 0.15) is 24.1 Å². The Hall–Kier alpha value is -3.33. The van der Waals surface area contributed by atoms with E-state index in [1.807, 2.05) is 6.07 Å². The maximum absolute atomic E-state index is 12.6. The van der Waals surface area contributed by atoms with E-state index in [1.54, 1.807) is 24.3 Å². The molecule has 136 valence electrons. The zero-order valence-corrected chi connectivity index (χ0v) is 13.5. The highest BCUT2D eigenvalue weighted by Gasteiger charge is 2.35. The Morgan fingerprint density at radius 1 is 1.23 bits per heavy atom. The Morgan fingerprint density at radius 2 is 1.92 bits per heavy atom. The molecule has 0 fully saturated rings. The highest BCUT2D eigenvalue weighted by Crippen LogP contribution is 2.22. The molecule has 0 aliphatic carbocycles. The van der Waals surface area contributed by atoms with E-state index in [4.69, 9.17) is 9.84 Å². The summed E-state index contributed by atoms with van der Waals surface area (Å²) in [6.07, 6.45) is -0.309. The topological polar surface area (TPSA) is 129 Å². The molecule has 0 bridgehead atoms. The molecule has 9 heteroatoms. The van der Waals surface area contributed by atoms with Crippen LogP contribution < -0.4 is 10.2 Å². The van der Waals surface area contributed by atoms with E-state index in [-0.39, 0.29) is 25.4 Å². The molecule has 1 unspecified atom stereocenters. The van der Waals surface area contributed by atoms with Gasteiger partial charge in [-0.05, 0) is 12.1 Å². The summed E-state index contributed by atoms with van der Waals surface area (Å²) < 4.78 is 6.56. The molecule has 3 rings (SSSR count). The first-order valence-corrected chi connectivity index (χ1v) is 7.76. The van der Waals surface area contributed by atoms with E-state index in [0.717, 1.165) is 15.7 Å². The molecule has 1 atom stereocenters. The lowest BCUT2D eigenvalue weighted by molar-refractivity contribution is -0.0167. The standard InChI is InChI=1S/C17H16N2O7/c20-12-9-18-8-11(17(24)25)14(21)15(22)13(18)16(23)19(12)6-7-26-10-4-2-1-3-5-10/h1-5,8,12,20,22H,6-7,9H2,(H,24,25). The molecule has 1 aliphatic heterocycles. The maximum atomic E-state index is 12.6. The van der Waals surface area contributed by atoms with Crippen molar-refractivity contribution in [2.24, 2.45) is 0 Å². The molecule has 0 spiro atoms. The molecule has 0 saturated carbocycles. The molecule has 2 heterocycles. The van der Waals surface area contributed by atoms with Gasteiger partial charge < -0.3 is 29.5 Å². The summed E-state index contributed by atoms with van der Waals surface area (Å²) in [4.78, 5) is 36.6. The van der Waals surface area contributed by atoms with Gasteiger partial charge in [0, 0.05) is 6.20 Å². The average molecular weight is 360 g/mol. The van der Waals surface area contributed by atoms with Crippen molar-refractivity contribution in [1.82, 2.24) is 9.47 Å². The van der Waals surface area contributed by atoms with Crippen LogP contribution in [0.5, 0.6) is 11.5 Å². The van der Waals surface area contributed by atoms with Gasteiger partial charge in [0.15, 0.2) is 11.4 Å². The van der Waals surface area contributed by atoms with Crippen molar-refractivity contribution in [3.63, 3.8) is 0 Å². The molecule has 9 nitrogen and oxygen atoms in total. The number of aromatic carboxylic acids is 1. The first kappa shape index (κ1) is 17.5. The van der Waals surface area contributed by atoms with Crippen molar-refractivity contribution in [3.8, 4) is 11.5 Å². The highest BCUT2D eigenvalue weighted by atomic mass is 16.5. The fourth-order valence-electron chi connectivity index (χ4n) is 2.75. The number of carboxylic acids is 1. The number of aromatic nitrogens is 1. The van der Waals surface area contributed by atoms with Crippen LogP contribution in [-0.4, -0.2) is 56.0 Å². The van der Waals surface area contributed by atoms with Crippen molar-refractivity contribution in [1.29, 1.82) is 0 Å². The summed E-state index contributed by atoms with van der Waals surface area (Å²) in [5.74, 6) is -2.67. The fourth-order valence-corrected chi connectivity index (χ4v) is 2.75. The van der Waals surface area contributed by atoms with Crippen molar-refractivity contribution < 1.29 is 29.6 Å². The van der Waals surface area contributed by atoms with E-state index >= 15 is 0 Å². The largest absolute Gasteiger partial charge is 0.503 e. The second-order valence-corrected chi connectivity index (χ2v) is 5.67. The van der Waals surface area contributed by atoms with Crippen LogP contribution in [0.15, 0.2) is 41.3 Å². The number of carbonyl (C=O) groups is 2. The van der Waals surface area contributed by atoms with Crippen LogP contribution in [0.4, 0.5) is 0 Å². The number of amides is 1. The van der Waals surface area contributed by atoms with Gasteiger partial charge in [-0.1, -0.05) is 18.2 Å². The van der Waals surface area contributed by atoms with E-state index < -0.39 is 34.8 Å². The lowest BCUT2D eigenvalue weighted by atomic mass is 10.1. The number of nitrogens with zero attached hydrogens (tertiary/aromatic N) is 2. The minimum Gasteiger partial charge on any atom is -0.503 e. The Morgan fingerprint density at radius 3 is 2.58 bits per heavy atom. The molecule has 0 saturated heterocycles. The molecule has 1 aromatic heterocycles. The summed E-state index contributed by atoms with van der Waals surface area (Å²) in [6.45, 7) is -0.0746. The minimum atomic E-state index is -1.53. The number of rotatable bonds is 5. The van der Waals surface area contributed by atoms with E-state index in [1.165, 1.54) is 0 Å². The SMILES string of the molecule is O=C(O)c1cn2c(c(O)c1=O)C(=O)N(CCOc1ccccc1)C(O)C2. The van der Waals surface area contributed by atoms with Gasteiger partial charge >= 0.3 is 5.97 Å². The van der Waals surface area contributed by atoms with E-state index in [0.29, 0.717) is 5.75 Å². The number of hydrogen-bond acceptors (Lipinski definition) is 6. The smallest absolute Gasteiger partial charge is 0.341 e. The first-order chi connectivity index (χ1) is 12.4. The van der Waals surface area contributed by atoms with Gasteiger partial charge in [-0.2, -0.15) is 0 Å². The van der Waals surface area contributed by atoms with Crippen molar-refractivity contribution in [3.05, 3.63) is 58.0 Å². The van der Waals surface area contributed by atoms with Gasteiger partial charge in [0.25, 0.3) is 5.91 Å². The van der Waals surface area contributed by atoms with Crippen LogP contribution in [0, 0.1) is 0 Å². The van der Waals surface area contributed by atoms with Gasteiger partial charge in [0.2, 0.25) is 5.43 Å². The number of benzene rings is 1. The van der Waals surface area contributed by atoms with Gasteiger partial charge in [-0.15, -0.1) is 0 Å². The third kappa shape index (κ3) is 3.11. The average Bonchev–Trinajstić information content (AvgIpc) is 2.61. The summed E-state index contributed by atoms with van der Waals surface area (Å²) in [6, 6.07) is 8.88. The molecule has 0 radical (unpaired) electrons. The minimum absolute atomic E-state index is 0.0171. The summed E-state index contributed by atoms with van der Waals surface area (Å²) in [7, 11) is 0. The zero-order chi connectivity index (χ0) is 18.8. The van der Waals surface area contributed by atoms with Gasteiger partial charge in [0.05, 0.1) is 13.1 Å². The number of para-hydroxylation sites is 1. The second kappa shape index (κ2) is 6.89. The van der Waals surface area contributed by atoms with Crippen molar-refractivity contribution in [2.45, 2.75) is 12.8 Å². The number of carbonyl (C=O) groups excluding carboxylic acids is 1. The van der Waals surface area contributed by atoms with Crippen LogP contribution in [0.2, 0.25) is 0 Å². The Kier molecular flexibility index (Phi) is 4.63. The second-order valence-electron chi connectivity index (χ2n) is 5.67. The van der Waals surface area contributed by atoms with Crippen LogP contribution in [0.3, 0.4) is 0 Å². The molecule has 3 N–H and O–H groups in total. The molecule has 1 aromatic carbocycles.